The van der Waals surface area contributed by atoms with Gasteiger partial charge in [0.1, 0.15) is 10.7 Å². The lowest BCUT2D eigenvalue weighted by Crippen LogP contribution is -2.30. The van der Waals surface area contributed by atoms with Crippen molar-refractivity contribution in [3.8, 4) is 0 Å². The third-order valence-electron chi connectivity index (χ3n) is 3.13. The number of sulfonamides is 1. The van der Waals surface area contributed by atoms with Crippen molar-refractivity contribution in [2.24, 2.45) is 11.1 Å². The zero-order valence-corrected chi connectivity index (χ0v) is 11.8. The first-order valence-corrected chi connectivity index (χ1v) is 7.71. The topological polar surface area (TPSA) is 98.5 Å². The Morgan fingerprint density at radius 3 is 2.71 bits per heavy atom. The predicted molar refractivity (Wildman–Crippen MR) is 69.0 cm³/mol. The molecule has 0 saturated carbocycles. The molecule has 116 valence electrons. The van der Waals surface area contributed by atoms with Gasteiger partial charge in [-0.15, -0.1) is 0 Å². The van der Waals surface area contributed by atoms with Crippen LogP contribution in [0.4, 0.5) is 8.78 Å². The molecule has 1 aromatic carbocycles. The van der Waals surface area contributed by atoms with Crippen LogP contribution in [0.5, 0.6) is 0 Å². The molecule has 21 heavy (non-hydrogen) atoms. The molecule has 0 aromatic heterocycles. The molecule has 1 unspecified atom stereocenters. The third-order valence-corrected chi connectivity index (χ3v) is 4.04. The average Bonchev–Trinajstić information content (AvgIpc) is 2.90. The fourth-order valence-electron chi connectivity index (χ4n) is 2.01. The van der Waals surface area contributed by atoms with Crippen molar-refractivity contribution >= 4 is 15.9 Å². The van der Waals surface area contributed by atoms with E-state index < -0.39 is 38.0 Å². The van der Waals surface area contributed by atoms with E-state index in [0.717, 1.165) is 6.42 Å². The van der Waals surface area contributed by atoms with Gasteiger partial charge < -0.3 is 10.1 Å². The van der Waals surface area contributed by atoms with Crippen molar-refractivity contribution in [2.75, 3.05) is 19.8 Å². The Morgan fingerprint density at radius 2 is 2.14 bits per heavy atom. The summed E-state index contributed by atoms with van der Waals surface area (Å²) < 4.78 is 54.8. The zero-order valence-electron chi connectivity index (χ0n) is 10.9. The molecule has 9 heteroatoms. The van der Waals surface area contributed by atoms with Crippen LogP contribution < -0.4 is 10.5 Å². The highest BCUT2D eigenvalue weighted by Crippen LogP contribution is 2.19. The number of carbonyl (C=O) groups excluding carboxylic acids is 1. The molecule has 0 bridgehead atoms. The predicted octanol–water partition coefficient (Wildman–Crippen LogP) is 0.379. The fraction of sp³-hybridized carbons (Fsp3) is 0.417. The lowest BCUT2D eigenvalue weighted by molar-refractivity contribution is 0.0940. The number of hydrogen-bond donors (Lipinski definition) is 2. The number of primary sulfonamides is 1. The second-order valence-electron chi connectivity index (χ2n) is 4.75. The van der Waals surface area contributed by atoms with E-state index in [9.17, 15) is 22.0 Å². The molecule has 1 fully saturated rings. The summed E-state index contributed by atoms with van der Waals surface area (Å²) >= 11 is 0. The van der Waals surface area contributed by atoms with Crippen LogP contribution in [0.15, 0.2) is 17.0 Å². The molecule has 1 heterocycles. The number of benzene rings is 1. The van der Waals surface area contributed by atoms with Gasteiger partial charge in [0.2, 0.25) is 10.0 Å². The van der Waals surface area contributed by atoms with Gasteiger partial charge in [-0.3, -0.25) is 4.79 Å². The number of nitrogens with one attached hydrogen (secondary N) is 1. The molecule has 6 nitrogen and oxygen atoms in total. The maximum absolute atomic E-state index is 14.0. The van der Waals surface area contributed by atoms with Gasteiger partial charge in [-0.25, -0.2) is 22.3 Å². The number of ether oxygens (including phenoxy) is 1. The quantitative estimate of drug-likeness (QED) is 0.838. The standard InChI is InChI=1S/C12H14F2N2O4S/c13-8-3-9(11(14)10(4-8)21(15,18)19)12(17)16-5-7-1-2-20-6-7/h3-4,7H,1-2,5-6H2,(H,16,17)(H2,15,18,19). The normalized spacial score (nSPS) is 18.7. The van der Waals surface area contributed by atoms with Crippen LogP contribution in [0.25, 0.3) is 0 Å². The van der Waals surface area contributed by atoms with E-state index in [1.165, 1.54) is 0 Å². The summed E-state index contributed by atoms with van der Waals surface area (Å²) in [5.74, 6) is -3.22. The van der Waals surface area contributed by atoms with E-state index >= 15 is 0 Å². The van der Waals surface area contributed by atoms with Gasteiger partial charge in [0.05, 0.1) is 12.2 Å². The van der Waals surface area contributed by atoms with Crippen LogP contribution >= 0.6 is 0 Å². The van der Waals surface area contributed by atoms with Gasteiger partial charge >= 0.3 is 0 Å². The second kappa shape index (κ2) is 6.04. The maximum Gasteiger partial charge on any atom is 0.254 e. The summed E-state index contributed by atoms with van der Waals surface area (Å²) in [5, 5.41) is 7.21. The highest BCUT2D eigenvalue weighted by Gasteiger charge is 2.24. The minimum atomic E-state index is -4.46. The Balaban J connectivity index is 2.22. The number of halogens is 2. The third kappa shape index (κ3) is 3.74. The molecule has 3 N–H and O–H groups in total. The zero-order chi connectivity index (χ0) is 15.6. The van der Waals surface area contributed by atoms with Gasteiger partial charge in [-0.05, 0) is 18.6 Å². The number of nitrogens with two attached hydrogens (primary N) is 1. The van der Waals surface area contributed by atoms with E-state index in [0.29, 0.717) is 25.3 Å². The summed E-state index contributed by atoms with van der Waals surface area (Å²) in [4.78, 5) is 10.8. The van der Waals surface area contributed by atoms with Crippen molar-refractivity contribution in [2.45, 2.75) is 11.3 Å². The van der Waals surface area contributed by atoms with Crippen LogP contribution in [-0.2, 0) is 14.8 Å². The molecule has 1 saturated heterocycles. The molecule has 2 rings (SSSR count). The highest BCUT2D eigenvalue weighted by atomic mass is 32.2. The lowest BCUT2D eigenvalue weighted by Gasteiger charge is -2.11. The lowest BCUT2D eigenvalue weighted by atomic mass is 10.1. The fourth-order valence-corrected chi connectivity index (χ4v) is 2.65. The smallest absolute Gasteiger partial charge is 0.254 e. The molecule has 0 radical (unpaired) electrons. The van der Waals surface area contributed by atoms with Crippen molar-refractivity contribution in [3.05, 3.63) is 29.3 Å². The molecule has 0 aliphatic carbocycles. The first-order chi connectivity index (χ1) is 9.79. The Kier molecular flexibility index (Phi) is 4.55. The van der Waals surface area contributed by atoms with E-state index in [-0.39, 0.29) is 12.5 Å². The highest BCUT2D eigenvalue weighted by molar-refractivity contribution is 7.89. The summed E-state index contributed by atoms with van der Waals surface area (Å²) in [5.41, 5.74) is -0.696. The van der Waals surface area contributed by atoms with Crippen LogP contribution in [0.3, 0.4) is 0 Å². The van der Waals surface area contributed by atoms with Crippen molar-refractivity contribution in [1.29, 1.82) is 0 Å². The summed E-state index contributed by atoms with van der Waals surface area (Å²) in [6.07, 6.45) is 0.758. The van der Waals surface area contributed by atoms with Gasteiger partial charge in [0.15, 0.2) is 5.82 Å². The molecule has 1 aromatic rings. The van der Waals surface area contributed by atoms with Crippen molar-refractivity contribution in [1.82, 2.24) is 5.32 Å². The van der Waals surface area contributed by atoms with Crippen molar-refractivity contribution in [3.63, 3.8) is 0 Å². The summed E-state index contributed by atoms with van der Waals surface area (Å²) in [6.45, 7) is 1.30. The van der Waals surface area contributed by atoms with Crippen LogP contribution in [-0.4, -0.2) is 34.1 Å². The van der Waals surface area contributed by atoms with E-state index in [1.54, 1.807) is 0 Å². The van der Waals surface area contributed by atoms with Gasteiger partial charge in [0.25, 0.3) is 5.91 Å². The van der Waals surface area contributed by atoms with Gasteiger partial charge in [-0.2, -0.15) is 0 Å². The number of carbonyl (C=O) groups is 1. The first-order valence-electron chi connectivity index (χ1n) is 6.17. The molecular weight excluding hydrogens is 306 g/mol. The summed E-state index contributed by atoms with van der Waals surface area (Å²) in [6, 6.07) is 1.07. The van der Waals surface area contributed by atoms with Crippen LogP contribution in [0, 0.1) is 17.6 Å². The SMILES string of the molecule is NS(=O)(=O)c1cc(F)cc(C(=O)NCC2CCOC2)c1F. The van der Waals surface area contributed by atoms with Gasteiger partial charge in [-0.1, -0.05) is 0 Å². The minimum absolute atomic E-state index is 0.100. The van der Waals surface area contributed by atoms with Crippen LogP contribution in [0.1, 0.15) is 16.8 Å². The van der Waals surface area contributed by atoms with E-state index in [1.807, 2.05) is 0 Å². The van der Waals surface area contributed by atoms with Crippen molar-refractivity contribution < 1.29 is 26.7 Å². The Labute approximate surface area is 120 Å². The molecule has 1 aliphatic rings. The molecule has 0 spiro atoms. The number of rotatable bonds is 4. The Morgan fingerprint density at radius 1 is 1.43 bits per heavy atom. The number of hydrogen-bond acceptors (Lipinski definition) is 4. The Bertz CT molecular complexity index is 657. The molecule has 1 aliphatic heterocycles. The largest absolute Gasteiger partial charge is 0.381 e. The molecule has 1 atom stereocenters. The van der Waals surface area contributed by atoms with E-state index in [2.05, 4.69) is 5.32 Å². The number of amides is 1. The molecule has 1 amide bonds. The Hall–Kier alpha value is -1.58. The monoisotopic (exact) mass is 320 g/mol. The average molecular weight is 320 g/mol. The second-order valence-corrected chi connectivity index (χ2v) is 6.28. The summed E-state index contributed by atoms with van der Waals surface area (Å²) in [7, 11) is -4.46. The molecular formula is C12H14F2N2O4S. The van der Waals surface area contributed by atoms with Gasteiger partial charge in [0, 0.05) is 19.1 Å². The maximum atomic E-state index is 14.0. The van der Waals surface area contributed by atoms with Crippen LogP contribution in [0.2, 0.25) is 0 Å². The first kappa shape index (κ1) is 15.8. The van der Waals surface area contributed by atoms with E-state index in [4.69, 9.17) is 9.88 Å². The minimum Gasteiger partial charge on any atom is -0.381 e.